The van der Waals surface area contributed by atoms with Crippen LogP contribution < -0.4 is 10.9 Å². The molecule has 0 aromatic carbocycles. The third kappa shape index (κ3) is 5.95. The largest absolute Gasteiger partial charge is 0.373 e. The van der Waals surface area contributed by atoms with Gasteiger partial charge in [0.05, 0.1) is 23.3 Å². The van der Waals surface area contributed by atoms with Gasteiger partial charge >= 0.3 is 0 Å². The highest BCUT2D eigenvalue weighted by Crippen LogP contribution is 2.10. The van der Waals surface area contributed by atoms with Crippen LogP contribution in [0.1, 0.15) is 20.3 Å². The van der Waals surface area contributed by atoms with Gasteiger partial charge in [0.2, 0.25) is 5.91 Å². The molecule has 25 heavy (non-hydrogen) atoms. The lowest BCUT2D eigenvalue weighted by Crippen LogP contribution is -2.46. The molecular weight excluding hydrogens is 328 g/mol. The molecule has 138 valence electrons. The Balaban J connectivity index is 1.75. The predicted octanol–water partition coefficient (Wildman–Crippen LogP) is 0.372. The predicted molar refractivity (Wildman–Crippen MR) is 91.4 cm³/mol. The van der Waals surface area contributed by atoms with E-state index in [2.05, 4.69) is 10.2 Å². The first kappa shape index (κ1) is 19.1. The molecule has 0 bridgehead atoms. The normalized spacial score (nSPS) is 21.0. The summed E-state index contributed by atoms with van der Waals surface area (Å²) >= 11 is 0. The molecule has 1 aliphatic heterocycles. The molecule has 9 heteroatoms. The van der Waals surface area contributed by atoms with Crippen molar-refractivity contribution < 1.29 is 14.5 Å². The second kappa shape index (κ2) is 8.72. The van der Waals surface area contributed by atoms with Crippen molar-refractivity contribution in [3.8, 4) is 0 Å². The molecule has 0 radical (unpaired) electrons. The van der Waals surface area contributed by atoms with Crippen LogP contribution in [0.2, 0.25) is 0 Å². The Morgan fingerprint density at radius 3 is 2.68 bits per heavy atom. The number of nitrogens with zero attached hydrogens (tertiary/aromatic N) is 3. The van der Waals surface area contributed by atoms with Crippen LogP contribution in [-0.4, -0.2) is 58.7 Å². The van der Waals surface area contributed by atoms with Gasteiger partial charge in [0.25, 0.3) is 11.2 Å². The van der Waals surface area contributed by atoms with Crippen LogP contribution in [0, 0.1) is 10.1 Å². The van der Waals surface area contributed by atoms with E-state index < -0.39 is 10.5 Å². The van der Waals surface area contributed by atoms with Crippen LogP contribution in [-0.2, 0) is 16.1 Å². The van der Waals surface area contributed by atoms with Crippen LogP contribution in [0.15, 0.2) is 23.1 Å². The second-order valence-electron chi connectivity index (χ2n) is 6.33. The molecule has 0 spiro atoms. The maximum Gasteiger partial charge on any atom is 0.285 e. The summed E-state index contributed by atoms with van der Waals surface area (Å²) in [5.41, 5.74) is -0.667. The minimum Gasteiger partial charge on any atom is -0.373 e. The van der Waals surface area contributed by atoms with E-state index in [1.165, 1.54) is 0 Å². The zero-order chi connectivity index (χ0) is 18.4. The summed E-state index contributed by atoms with van der Waals surface area (Å²) in [6, 6.07) is 2.22. The van der Waals surface area contributed by atoms with Crippen molar-refractivity contribution in [2.75, 3.05) is 26.2 Å². The molecule has 9 nitrogen and oxygen atoms in total. The molecule has 1 saturated heterocycles. The Kier molecular flexibility index (Phi) is 6.65. The number of hydrogen-bond donors (Lipinski definition) is 1. The van der Waals surface area contributed by atoms with Crippen LogP contribution in [0.5, 0.6) is 0 Å². The molecule has 1 aliphatic rings. The summed E-state index contributed by atoms with van der Waals surface area (Å²) in [7, 11) is 0. The SMILES string of the molecule is CC1CN(CCCNC(=O)Cn2cc([N+](=O)[O-])ccc2=O)CC(C)O1. The van der Waals surface area contributed by atoms with Gasteiger partial charge < -0.3 is 10.1 Å². The van der Waals surface area contributed by atoms with Gasteiger partial charge in [0, 0.05) is 38.3 Å². The number of morpholine rings is 1. The van der Waals surface area contributed by atoms with Gasteiger partial charge in [-0.15, -0.1) is 0 Å². The number of rotatable bonds is 7. The van der Waals surface area contributed by atoms with Gasteiger partial charge in [0.15, 0.2) is 0 Å². The molecule has 1 aromatic rings. The van der Waals surface area contributed by atoms with Crippen molar-refractivity contribution in [3.63, 3.8) is 0 Å². The average molecular weight is 352 g/mol. The van der Waals surface area contributed by atoms with Crippen LogP contribution in [0.4, 0.5) is 5.69 Å². The zero-order valence-corrected chi connectivity index (χ0v) is 14.5. The Morgan fingerprint density at radius 1 is 1.36 bits per heavy atom. The zero-order valence-electron chi connectivity index (χ0n) is 14.5. The van der Waals surface area contributed by atoms with E-state index in [-0.39, 0.29) is 30.3 Å². The lowest BCUT2D eigenvalue weighted by atomic mass is 10.2. The van der Waals surface area contributed by atoms with E-state index in [4.69, 9.17) is 4.74 Å². The number of carbonyl (C=O) groups excluding carboxylic acids is 1. The standard InChI is InChI=1S/C16H24N4O5/c1-12-8-18(9-13(2)25-12)7-3-6-17-15(21)11-19-10-14(20(23)24)4-5-16(19)22/h4-5,10,12-13H,3,6-9,11H2,1-2H3,(H,17,21). The van der Waals surface area contributed by atoms with Gasteiger partial charge in [-0.05, 0) is 20.3 Å². The molecule has 0 aliphatic carbocycles. The fraction of sp³-hybridized carbons (Fsp3) is 0.625. The first-order valence-corrected chi connectivity index (χ1v) is 8.34. The van der Waals surface area contributed by atoms with Gasteiger partial charge in [-0.2, -0.15) is 0 Å². The van der Waals surface area contributed by atoms with E-state index in [0.29, 0.717) is 6.54 Å². The van der Waals surface area contributed by atoms with Crippen molar-refractivity contribution >= 4 is 11.6 Å². The van der Waals surface area contributed by atoms with Gasteiger partial charge in [0.1, 0.15) is 6.54 Å². The molecule has 2 rings (SSSR count). The van der Waals surface area contributed by atoms with Crippen LogP contribution in [0.3, 0.4) is 0 Å². The first-order chi connectivity index (χ1) is 11.8. The molecular formula is C16H24N4O5. The van der Waals surface area contributed by atoms with E-state index in [1.807, 2.05) is 13.8 Å². The number of amides is 1. The summed E-state index contributed by atoms with van der Waals surface area (Å²) in [6.07, 6.45) is 2.28. The number of nitro groups is 1. The fourth-order valence-electron chi connectivity index (χ4n) is 2.96. The summed E-state index contributed by atoms with van der Waals surface area (Å²) in [4.78, 5) is 36.0. The quantitative estimate of drug-likeness (QED) is 0.432. The van der Waals surface area contributed by atoms with Gasteiger partial charge in [-0.25, -0.2) is 0 Å². The summed E-state index contributed by atoms with van der Waals surface area (Å²) in [6.45, 7) is 6.95. The number of hydrogen-bond acceptors (Lipinski definition) is 6. The minimum absolute atomic E-state index is 0.207. The summed E-state index contributed by atoms with van der Waals surface area (Å²) in [5.74, 6) is -0.341. The molecule has 2 atom stereocenters. The Hall–Kier alpha value is -2.26. The smallest absolute Gasteiger partial charge is 0.285 e. The maximum atomic E-state index is 11.9. The lowest BCUT2D eigenvalue weighted by molar-refractivity contribution is -0.385. The highest BCUT2D eigenvalue weighted by atomic mass is 16.6. The van der Waals surface area contributed by atoms with Crippen LogP contribution in [0.25, 0.3) is 0 Å². The lowest BCUT2D eigenvalue weighted by Gasteiger charge is -2.35. The summed E-state index contributed by atoms with van der Waals surface area (Å²) in [5, 5.41) is 13.5. The van der Waals surface area contributed by atoms with Crippen molar-refractivity contribution in [2.45, 2.75) is 39.0 Å². The van der Waals surface area contributed by atoms with Crippen LogP contribution >= 0.6 is 0 Å². The number of nitrogens with one attached hydrogen (secondary N) is 1. The Morgan fingerprint density at radius 2 is 2.04 bits per heavy atom. The average Bonchev–Trinajstić information content (AvgIpc) is 2.52. The monoisotopic (exact) mass is 352 g/mol. The highest BCUT2D eigenvalue weighted by Gasteiger charge is 2.21. The van der Waals surface area contributed by atoms with Gasteiger partial charge in [-0.3, -0.25) is 29.2 Å². The second-order valence-corrected chi connectivity index (χ2v) is 6.33. The van der Waals surface area contributed by atoms with E-state index >= 15 is 0 Å². The molecule has 1 N–H and O–H groups in total. The number of ether oxygens (including phenoxy) is 1. The van der Waals surface area contributed by atoms with Crippen molar-refractivity contribution in [1.29, 1.82) is 0 Å². The number of aromatic nitrogens is 1. The van der Waals surface area contributed by atoms with E-state index in [9.17, 15) is 19.7 Å². The Labute approximate surface area is 145 Å². The molecule has 2 heterocycles. The van der Waals surface area contributed by atoms with E-state index in [0.717, 1.165) is 49.0 Å². The molecule has 0 saturated carbocycles. The number of pyridine rings is 1. The molecule has 1 aromatic heterocycles. The number of carbonyl (C=O) groups is 1. The highest BCUT2D eigenvalue weighted by molar-refractivity contribution is 5.75. The van der Waals surface area contributed by atoms with Gasteiger partial charge in [-0.1, -0.05) is 0 Å². The molecule has 2 unspecified atom stereocenters. The molecule has 1 amide bonds. The third-order valence-electron chi connectivity index (χ3n) is 3.96. The van der Waals surface area contributed by atoms with E-state index in [1.54, 1.807) is 0 Å². The maximum absolute atomic E-state index is 11.9. The third-order valence-corrected chi connectivity index (χ3v) is 3.96. The van der Waals surface area contributed by atoms with Crippen molar-refractivity contribution in [1.82, 2.24) is 14.8 Å². The summed E-state index contributed by atoms with van der Waals surface area (Å²) < 4.78 is 6.71. The molecule has 1 fully saturated rings. The van der Waals surface area contributed by atoms with Crippen molar-refractivity contribution in [2.24, 2.45) is 0 Å². The fourth-order valence-corrected chi connectivity index (χ4v) is 2.96. The minimum atomic E-state index is -0.599. The van der Waals surface area contributed by atoms with Crippen molar-refractivity contribution in [3.05, 3.63) is 38.8 Å². The topological polar surface area (TPSA) is 107 Å². The first-order valence-electron chi connectivity index (χ1n) is 8.34. The Bertz CT molecular complexity index is 665.